The number of hydrogen-bond donors (Lipinski definition) is 1. The minimum Gasteiger partial charge on any atom is -0.375 e. The Bertz CT molecular complexity index is 149. The van der Waals surface area contributed by atoms with E-state index in [2.05, 4.69) is 11.8 Å². The lowest BCUT2D eigenvalue weighted by Crippen LogP contribution is -2.43. The van der Waals surface area contributed by atoms with Crippen molar-refractivity contribution in [3.05, 3.63) is 0 Å². The van der Waals surface area contributed by atoms with Crippen molar-refractivity contribution in [3.8, 4) is 0 Å². The summed E-state index contributed by atoms with van der Waals surface area (Å²) in [4.78, 5) is 2.46. The Hall–Kier alpha value is -0.120. The number of nitrogens with zero attached hydrogens (tertiary/aromatic N) is 1. The summed E-state index contributed by atoms with van der Waals surface area (Å²) in [5.74, 6) is 0. The van der Waals surface area contributed by atoms with E-state index in [-0.39, 0.29) is 0 Å². The highest BCUT2D eigenvalue weighted by molar-refractivity contribution is 4.92. The minimum absolute atomic E-state index is 0.300. The molecule has 11 heavy (non-hydrogen) atoms. The maximum Gasteiger partial charge on any atom is 0.0718 e. The van der Waals surface area contributed by atoms with Crippen molar-refractivity contribution in [2.75, 3.05) is 19.7 Å². The molecule has 2 aliphatic rings. The maximum atomic E-state index is 5.72. The molecular formula is C8H16N2O. The summed E-state index contributed by atoms with van der Waals surface area (Å²) < 4.78 is 5.48. The SMILES string of the molecule is C[C@@H](N)CN1CC2CC1CO2. The number of nitrogens with two attached hydrogens (primary N) is 1. The summed E-state index contributed by atoms with van der Waals surface area (Å²) in [6, 6.07) is 0.973. The molecule has 64 valence electrons. The molecule has 3 nitrogen and oxygen atoms in total. The van der Waals surface area contributed by atoms with E-state index >= 15 is 0 Å². The quantitative estimate of drug-likeness (QED) is 0.602. The molecule has 0 aromatic carbocycles. The standard InChI is InChI=1S/C8H16N2O/c1-6(9)3-10-4-8-2-7(10)5-11-8/h6-8H,2-5,9H2,1H3/t6-,7?,8?/m1/s1. The fourth-order valence-electron chi connectivity index (χ4n) is 2.07. The second-order valence-electron chi connectivity index (χ2n) is 3.78. The van der Waals surface area contributed by atoms with Crippen LogP contribution >= 0.6 is 0 Å². The Morgan fingerprint density at radius 2 is 2.55 bits per heavy atom. The lowest BCUT2D eigenvalue weighted by molar-refractivity contribution is 0.0290. The normalized spacial score (nSPS) is 39.8. The van der Waals surface area contributed by atoms with Gasteiger partial charge in [-0.1, -0.05) is 0 Å². The van der Waals surface area contributed by atoms with Gasteiger partial charge < -0.3 is 10.5 Å². The Balaban J connectivity index is 1.87. The molecule has 2 rings (SSSR count). The van der Waals surface area contributed by atoms with Crippen LogP contribution in [0.5, 0.6) is 0 Å². The fraction of sp³-hybridized carbons (Fsp3) is 1.00. The lowest BCUT2D eigenvalue weighted by Gasteiger charge is -2.27. The van der Waals surface area contributed by atoms with Gasteiger partial charge in [0.1, 0.15) is 0 Å². The number of ether oxygens (including phenoxy) is 1. The van der Waals surface area contributed by atoms with Crippen molar-refractivity contribution < 1.29 is 4.74 Å². The van der Waals surface area contributed by atoms with Crippen LogP contribution in [-0.2, 0) is 4.74 Å². The van der Waals surface area contributed by atoms with E-state index in [1.54, 1.807) is 0 Å². The van der Waals surface area contributed by atoms with Crippen LogP contribution in [0, 0.1) is 0 Å². The molecule has 0 aliphatic carbocycles. The number of hydrogen-bond acceptors (Lipinski definition) is 3. The highest BCUT2D eigenvalue weighted by Crippen LogP contribution is 2.27. The van der Waals surface area contributed by atoms with Crippen molar-refractivity contribution in [2.45, 2.75) is 31.5 Å². The monoisotopic (exact) mass is 156 g/mol. The van der Waals surface area contributed by atoms with Gasteiger partial charge in [0, 0.05) is 25.2 Å². The average molecular weight is 156 g/mol. The largest absolute Gasteiger partial charge is 0.375 e. The molecule has 2 aliphatic heterocycles. The fourth-order valence-corrected chi connectivity index (χ4v) is 2.07. The van der Waals surface area contributed by atoms with E-state index in [4.69, 9.17) is 10.5 Å². The molecule has 2 unspecified atom stereocenters. The van der Waals surface area contributed by atoms with Gasteiger partial charge in [-0.25, -0.2) is 0 Å². The molecule has 0 radical (unpaired) electrons. The summed E-state index contributed by atoms with van der Waals surface area (Å²) in [5, 5.41) is 0. The van der Waals surface area contributed by atoms with Gasteiger partial charge in [0.05, 0.1) is 12.7 Å². The summed E-state index contributed by atoms with van der Waals surface area (Å²) in [5.41, 5.74) is 5.72. The average Bonchev–Trinajstić information content (AvgIpc) is 2.45. The second-order valence-corrected chi connectivity index (χ2v) is 3.78. The number of fused-ring (bicyclic) bond motifs is 2. The van der Waals surface area contributed by atoms with Crippen LogP contribution in [0.3, 0.4) is 0 Å². The molecule has 0 saturated carbocycles. The zero-order valence-electron chi connectivity index (χ0n) is 6.99. The van der Waals surface area contributed by atoms with Gasteiger partial charge in [-0.2, -0.15) is 0 Å². The predicted molar refractivity (Wildman–Crippen MR) is 43.4 cm³/mol. The summed E-state index contributed by atoms with van der Waals surface area (Å²) in [6.45, 7) is 5.13. The van der Waals surface area contributed by atoms with Crippen molar-refractivity contribution in [2.24, 2.45) is 5.73 Å². The molecule has 0 aromatic heterocycles. The molecule has 2 fully saturated rings. The van der Waals surface area contributed by atoms with E-state index in [0.29, 0.717) is 18.2 Å². The summed E-state index contributed by atoms with van der Waals surface area (Å²) in [7, 11) is 0. The van der Waals surface area contributed by atoms with Crippen molar-refractivity contribution in [1.29, 1.82) is 0 Å². The van der Waals surface area contributed by atoms with E-state index < -0.39 is 0 Å². The molecule has 2 bridgehead atoms. The van der Waals surface area contributed by atoms with Crippen LogP contribution < -0.4 is 5.73 Å². The minimum atomic E-state index is 0.300. The van der Waals surface area contributed by atoms with Crippen LogP contribution in [-0.4, -0.2) is 42.8 Å². The number of morpholine rings is 1. The van der Waals surface area contributed by atoms with Gasteiger partial charge in [-0.3, -0.25) is 4.90 Å². The van der Waals surface area contributed by atoms with E-state index in [9.17, 15) is 0 Å². The van der Waals surface area contributed by atoms with E-state index in [0.717, 1.165) is 19.7 Å². The van der Waals surface area contributed by atoms with E-state index in [1.807, 2.05) is 0 Å². The first-order chi connectivity index (χ1) is 5.25. The molecular weight excluding hydrogens is 140 g/mol. The van der Waals surface area contributed by atoms with Crippen molar-refractivity contribution in [3.63, 3.8) is 0 Å². The van der Waals surface area contributed by atoms with Crippen LogP contribution in [0.25, 0.3) is 0 Å². The highest BCUT2D eigenvalue weighted by atomic mass is 16.5. The molecule has 3 atom stereocenters. The Morgan fingerprint density at radius 1 is 1.73 bits per heavy atom. The zero-order chi connectivity index (χ0) is 7.84. The van der Waals surface area contributed by atoms with Gasteiger partial charge in [0.15, 0.2) is 0 Å². The van der Waals surface area contributed by atoms with Crippen LogP contribution in [0.1, 0.15) is 13.3 Å². The molecule has 0 amide bonds. The number of likely N-dealkylation sites (tertiary alicyclic amines) is 1. The first-order valence-electron chi connectivity index (χ1n) is 4.37. The van der Waals surface area contributed by atoms with Crippen LogP contribution in [0.15, 0.2) is 0 Å². The summed E-state index contributed by atoms with van der Waals surface area (Å²) in [6.07, 6.45) is 1.74. The Kier molecular flexibility index (Phi) is 1.87. The van der Waals surface area contributed by atoms with Gasteiger partial charge in [0.2, 0.25) is 0 Å². The first-order valence-corrected chi connectivity index (χ1v) is 4.37. The van der Waals surface area contributed by atoms with Crippen LogP contribution in [0.2, 0.25) is 0 Å². The Morgan fingerprint density at radius 3 is 3.00 bits per heavy atom. The molecule has 0 spiro atoms. The highest BCUT2D eigenvalue weighted by Gasteiger charge is 2.38. The third kappa shape index (κ3) is 1.41. The zero-order valence-corrected chi connectivity index (χ0v) is 6.99. The maximum absolute atomic E-state index is 5.72. The van der Waals surface area contributed by atoms with Gasteiger partial charge in [-0.05, 0) is 13.3 Å². The molecule has 3 heteroatoms. The molecule has 2 saturated heterocycles. The van der Waals surface area contributed by atoms with Gasteiger partial charge >= 0.3 is 0 Å². The first kappa shape index (κ1) is 7.53. The third-order valence-electron chi connectivity index (χ3n) is 2.54. The van der Waals surface area contributed by atoms with Crippen molar-refractivity contribution in [1.82, 2.24) is 4.90 Å². The number of rotatable bonds is 2. The van der Waals surface area contributed by atoms with Gasteiger partial charge in [-0.15, -0.1) is 0 Å². The predicted octanol–water partition coefficient (Wildman–Crippen LogP) is -0.193. The smallest absolute Gasteiger partial charge is 0.0718 e. The van der Waals surface area contributed by atoms with Gasteiger partial charge in [0.25, 0.3) is 0 Å². The van der Waals surface area contributed by atoms with E-state index in [1.165, 1.54) is 6.42 Å². The third-order valence-corrected chi connectivity index (χ3v) is 2.54. The molecule has 0 aromatic rings. The van der Waals surface area contributed by atoms with Crippen molar-refractivity contribution >= 4 is 0 Å². The molecule has 2 heterocycles. The second kappa shape index (κ2) is 2.73. The molecule has 2 N–H and O–H groups in total. The topological polar surface area (TPSA) is 38.5 Å². The van der Waals surface area contributed by atoms with Crippen LogP contribution in [0.4, 0.5) is 0 Å². The Labute approximate surface area is 67.5 Å². The summed E-state index contributed by atoms with van der Waals surface area (Å²) >= 11 is 0. The lowest BCUT2D eigenvalue weighted by atomic mass is 10.2.